The molecule has 3 heterocycles. The molecule has 0 saturated carbocycles. The van der Waals surface area contributed by atoms with Gasteiger partial charge in [-0.3, -0.25) is 15.6 Å². The second-order valence-corrected chi connectivity index (χ2v) is 7.79. The van der Waals surface area contributed by atoms with Gasteiger partial charge in [0.2, 0.25) is 5.91 Å². The van der Waals surface area contributed by atoms with E-state index in [0.717, 1.165) is 38.3 Å². The highest BCUT2D eigenvalue weighted by atomic mass is 16.2. The molecule has 3 unspecified atom stereocenters. The van der Waals surface area contributed by atoms with Crippen molar-refractivity contribution in [1.29, 1.82) is 0 Å². The van der Waals surface area contributed by atoms with Crippen molar-refractivity contribution >= 4 is 5.91 Å². The molecule has 1 aromatic heterocycles. The third-order valence-corrected chi connectivity index (χ3v) is 6.25. The Morgan fingerprint density at radius 2 is 1.96 bits per heavy atom. The van der Waals surface area contributed by atoms with Gasteiger partial charge < -0.3 is 9.47 Å². The molecule has 2 aliphatic rings. The maximum atomic E-state index is 12.9. The first-order valence-corrected chi connectivity index (χ1v) is 9.96. The fourth-order valence-electron chi connectivity index (χ4n) is 4.65. The number of imidazole rings is 1. The number of nitrogens with zero attached hydrogens (tertiary/aromatic N) is 3. The molecule has 0 bridgehead atoms. The second kappa shape index (κ2) is 7.82. The summed E-state index contributed by atoms with van der Waals surface area (Å²) in [6, 6.07) is 11.0. The van der Waals surface area contributed by atoms with Gasteiger partial charge in [0.1, 0.15) is 11.9 Å². The quantitative estimate of drug-likeness (QED) is 0.870. The summed E-state index contributed by atoms with van der Waals surface area (Å²) in [6.45, 7) is 6.54. The van der Waals surface area contributed by atoms with Crippen LogP contribution < -0.4 is 10.9 Å². The van der Waals surface area contributed by atoms with Crippen molar-refractivity contribution in [2.45, 2.75) is 44.7 Å². The predicted molar refractivity (Wildman–Crippen MR) is 105 cm³/mol. The number of hydrazine groups is 1. The van der Waals surface area contributed by atoms with Gasteiger partial charge in [0.25, 0.3) is 0 Å². The van der Waals surface area contributed by atoms with E-state index in [1.54, 1.807) is 6.20 Å². The number of benzene rings is 1. The molecule has 1 aromatic carbocycles. The number of amides is 1. The van der Waals surface area contributed by atoms with Crippen LogP contribution in [0.15, 0.2) is 42.7 Å². The number of likely N-dealkylation sites (tertiary alicyclic amines) is 1. The summed E-state index contributed by atoms with van der Waals surface area (Å²) in [4.78, 5) is 19.2. The van der Waals surface area contributed by atoms with Crippen LogP contribution in [0, 0.1) is 12.8 Å². The molecule has 2 aromatic rings. The highest BCUT2D eigenvalue weighted by Gasteiger charge is 2.37. The van der Waals surface area contributed by atoms with Gasteiger partial charge in [-0.05, 0) is 38.2 Å². The molecule has 2 N–H and O–H groups in total. The largest absolute Gasteiger partial charge is 0.341 e. The van der Waals surface area contributed by atoms with E-state index in [9.17, 15) is 4.79 Å². The molecule has 0 spiro atoms. The fourth-order valence-corrected chi connectivity index (χ4v) is 4.65. The third kappa shape index (κ3) is 3.64. The molecular weight excluding hydrogens is 338 g/mol. The normalized spacial score (nSPS) is 24.9. The molecule has 2 saturated heterocycles. The standard InChI is InChI=1S/C21H29N5O/c1-15(26-13-10-22-16(26)2)21(27)25-11-8-18(9-12-25)20-19(14-23-24-20)17-6-4-3-5-7-17/h3-7,10,13,15,18-20,23-24H,8-9,11-12,14H2,1-2H3. The molecule has 3 atom stereocenters. The van der Waals surface area contributed by atoms with Crippen LogP contribution in [0.25, 0.3) is 0 Å². The minimum atomic E-state index is -0.188. The van der Waals surface area contributed by atoms with E-state index in [1.807, 2.05) is 29.5 Å². The maximum absolute atomic E-state index is 12.9. The van der Waals surface area contributed by atoms with Gasteiger partial charge in [0, 0.05) is 44.0 Å². The van der Waals surface area contributed by atoms with Crippen LogP contribution in [-0.2, 0) is 4.79 Å². The van der Waals surface area contributed by atoms with E-state index < -0.39 is 0 Å². The SMILES string of the molecule is Cc1nccn1C(C)C(=O)N1CCC(C2NNCC2c2ccccc2)CC1. The van der Waals surface area contributed by atoms with E-state index in [4.69, 9.17) is 0 Å². The van der Waals surface area contributed by atoms with Crippen molar-refractivity contribution in [3.05, 3.63) is 54.1 Å². The number of nitrogens with one attached hydrogen (secondary N) is 2. The third-order valence-electron chi connectivity index (χ3n) is 6.25. The molecule has 2 fully saturated rings. The molecule has 2 aliphatic heterocycles. The monoisotopic (exact) mass is 367 g/mol. The topological polar surface area (TPSA) is 62.2 Å². The number of aromatic nitrogens is 2. The van der Waals surface area contributed by atoms with Crippen LogP contribution in [0.1, 0.15) is 43.1 Å². The summed E-state index contributed by atoms with van der Waals surface area (Å²) >= 11 is 0. The van der Waals surface area contributed by atoms with Crippen molar-refractivity contribution in [2.24, 2.45) is 5.92 Å². The van der Waals surface area contributed by atoms with E-state index >= 15 is 0 Å². The average Bonchev–Trinajstić information content (AvgIpc) is 3.37. The Morgan fingerprint density at radius 1 is 1.22 bits per heavy atom. The summed E-state index contributed by atoms with van der Waals surface area (Å²) in [7, 11) is 0. The summed E-state index contributed by atoms with van der Waals surface area (Å²) < 4.78 is 1.96. The van der Waals surface area contributed by atoms with Crippen molar-refractivity contribution in [1.82, 2.24) is 25.3 Å². The molecule has 0 aliphatic carbocycles. The highest BCUT2D eigenvalue weighted by Crippen LogP contribution is 2.32. The first-order chi connectivity index (χ1) is 13.1. The molecule has 6 nitrogen and oxygen atoms in total. The first-order valence-electron chi connectivity index (χ1n) is 9.96. The zero-order valence-electron chi connectivity index (χ0n) is 16.1. The van der Waals surface area contributed by atoms with E-state index in [-0.39, 0.29) is 11.9 Å². The maximum Gasteiger partial charge on any atom is 0.245 e. The second-order valence-electron chi connectivity index (χ2n) is 7.79. The Bertz CT molecular complexity index is 766. The zero-order chi connectivity index (χ0) is 18.8. The van der Waals surface area contributed by atoms with E-state index in [1.165, 1.54) is 5.56 Å². The Labute approximate surface area is 160 Å². The van der Waals surface area contributed by atoms with Gasteiger partial charge in [-0.25, -0.2) is 4.98 Å². The number of hydrogen-bond donors (Lipinski definition) is 2. The molecule has 1 amide bonds. The van der Waals surface area contributed by atoms with E-state index in [0.29, 0.717) is 17.9 Å². The smallest absolute Gasteiger partial charge is 0.245 e. The van der Waals surface area contributed by atoms with Crippen molar-refractivity contribution < 1.29 is 4.79 Å². The number of hydrogen-bond acceptors (Lipinski definition) is 4. The first kappa shape index (κ1) is 18.2. The van der Waals surface area contributed by atoms with Crippen LogP contribution in [0.3, 0.4) is 0 Å². The number of aryl methyl sites for hydroxylation is 1. The molecule has 0 radical (unpaired) electrons. The molecule has 27 heavy (non-hydrogen) atoms. The zero-order valence-corrected chi connectivity index (χ0v) is 16.1. The van der Waals surface area contributed by atoms with Crippen molar-refractivity contribution in [3.63, 3.8) is 0 Å². The average molecular weight is 367 g/mol. The Morgan fingerprint density at radius 3 is 2.63 bits per heavy atom. The van der Waals surface area contributed by atoms with Crippen molar-refractivity contribution in [2.75, 3.05) is 19.6 Å². The minimum absolute atomic E-state index is 0.188. The summed E-state index contributed by atoms with van der Waals surface area (Å²) in [5.41, 5.74) is 8.25. The molecule has 6 heteroatoms. The van der Waals surface area contributed by atoms with Crippen molar-refractivity contribution in [3.8, 4) is 0 Å². The van der Waals surface area contributed by atoms with Gasteiger partial charge in [0.15, 0.2) is 0 Å². The fraction of sp³-hybridized carbons (Fsp3) is 0.524. The number of carbonyl (C=O) groups excluding carboxylic acids is 1. The Balaban J connectivity index is 1.37. The summed E-state index contributed by atoms with van der Waals surface area (Å²) in [5, 5.41) is 0. The lowest BCUT2D eigenvalue weighted by Gasteiger charge is -2.37. The van der Waals surface area contributed by atoms with Gasteiger partial charge in [-0.15, -0.1) is 0 Å². The van der Waals surface area contributed by atoms with Crippen LogP contribution >= 0.6 is 0 Å². The lowest BCUT2D eigenvalue weighted by Crippen LogP contribution is -2.47. The highest BCUT2D eigenvalue weighted by molar-refractivity contribution is 5.80. The Kier molecular flexibility index (Phi) is 5.27. The van der Waals surface area contributed by atoms with Gasteiger partial charge in [-0.2, -0.15) is 0 Å². The molecule has 144 valence electrons. The summed E-state index contributed by atoms with van der Waals surface area (Å²) in [5.74, 6) is 2.16. The Hall–Kier alpha value is -2.18. The predicted octanol–water partition coefficient (Wildman–Crippen LogP) is 2.25. The lowest BCUT2D eigenvalue weighted by atomic mass is 9.80. The molecular formula is C21H29N5O. The van der Waals surface area contributed by atoms with Gasteiger partial charge in [-0.1, -0.05) is 30.3 Å². The van der Waals surface area contributed by atoms with Gasteiger partial charge in [0.05, 0.1) is 0 Å². The van der Waals surface area contributed by atoms with Crippen LogP contribution in [0.5, 0.6) is 0 Å². The van der Waals surface area contributed by atoms with Gasteiger partial charge >= 0.3 is 0 Å². The van der Waals surface area contributed by atoms with E-state index in [2.05, 4.69) is 46.2 Å². The summed E-state index contributed by atoms with van der Waals surface area (Å²) in [6.07, 6.45) is 5.74. The molecule has 4 rings (SSSR count). The minimum Gasteiger partial charge on any atom is -0.341 e. The van der Waals surface area contributed by atoms with Crippen LogP contribution in [0.4, 0.5) is 0 Å². The van der Waals surface area contributed by atoms with Crippen LogP contribution in [-0.4, -0.2) is 46.0 Å². The lowest BCUT2D eigenvalue weighted by molar-refractivity contribution is -0.135. The number of carbonyl (C=O) groups is 1. The number of rotatable bonds is 4. The number of piperidine rings is 1. The van der Waals surface area contributed by atoms with Crippen LogP contribution in [0.2, 0.25) is 0 Å².